The molecule has 0 aromatic carbocycles. The molecule has 4 aliphatic rings. The molecule has 0 radical (unpaired) electrons. The van der Waals surface area contributed by atoms with Crippen LogP contribution in [0.2, 0.25) is 0 Å². The van der Waals surface area contributed by atoms with E-state index in [1.54, 1.807) is 0 Å². The summed E-state index contributed by atoms with van der Waals surface area (Å²) >= 11 is 0. The third kappa shape index (κ3) is 2.16. The first kappa shape index (κ1) is 11.2. The van der Waals surface area contributed by atoms with Crippen molar-refractivity contribution in [1.82, 2.24) is 0 Å². The van der Waals surface area contributed by atoms with Gasteiger partial charge in [0.1, 0.15) is 0 Å². The lowest BCUT2D eigenvalue weighted by Crippen LogP contribution is -2.27. The molecular formula is C14H20O4. The van der Waals surface area contributed by atoms with Crippen LogP contribution in [0, 0.1) is 11.8 Å². The number of hydrogen-bond donors (Lipinski definition) is 0. The molecule has 0 aromatic heterocycles. The smallest absolute Gasteiger partial charge is 0.309 e. The van der Waals surface area contributed by atoms with Gasteiger partial charge >= 0.3 is 5.97 Å². The molecule has 2 heterocycles. The summed E-state index contributed by atoms with van der Waals surface area (Å²) in [7, 11) is 0. The molecule has 0 amide bonds. The number of hydrogen-bond acceptors (Lipinski definition) is 4. The Balaban J connectivity index is 1.23. The normalized spacial score (nSPS) is 48.9. The zero-order chi connectivity index (χ0) is 12.1. The number of rotatable bonds is 3. The molecule has 100 valence electrons. The van der Waals surface area contributed by atoms with Crippen molar-refractivity contribution < 1.29 is 19.0 Å². The van der Waals surface area contributed by atoms with Gasteiger partial charge < -0.3 is 14.2 Å². The summed E-state index contributed by atoms with van der Waals surface area (Å²) in [5, 5.41) is 0. The molecule has 0 aromatic rings. The minimum atomic E-state index is 0.00258. The predicted molar refractivity (Wildman–Crippen MR) is 63.0 cm³/mol. The van der Waals surface area contributed by atoms with Crippen molar-refractivity contribution in [1.29, 1.82) is 0 Å². The van der Waals surface area contributed by atoms with Crippen molar-refractivity contribution in [2.75, 3.05) is 6.61 Å². The summed E-state index contributed by atoms with van der Waals surface area (Å²) in [6.07, 6.45) is 8.03. The van der Waals surface area contributed by atoms with Gasteiger partial charge in [0, 0.05) is 0 Å². The van der Waals surface area contributed by atoms with Crippen molar-refractivity contribution in [3.8, 4) is 0 Å². The lowest BCUT2D eigenvalue weighted by molar-refractivity contribution is -0.151. The number of esters is 1. The van der Waals surface area contributed by atoms with Crippen LogP contribution in [0.5, 0.6) is 0 Å². The molecule has 2 aliphatic heterocycles. The van der Waals surface area contributed by atoms with Gasteiger partial charge in [0.2, 0.25) is 0 Å². The molecule has 2 saturated carbocycles. The summed E-state index contributed by atoms with van der Waals surface area (Å²) in [4.78, 5) is 12.0. The average Bonchev–Trinajstić information content (AvgIpc) is 3.26. The first-order chi connectivity index (χ1) is 8.79. The molecule has 0 bridgehead atoms. The average molecular weight is 252 g/mol. The van der Waals surface area contributed by atoms with Crippen molar-refractivity contribution in [3.05, 3.63) is 0 Å². The van der Waals surface area contributed by atoms with E-state index in [2.05, 4.69) is 0 Å². The highest BCUT2D eigenvalue weighted by Gasteiger charge is 2.47. The van der Waals surface area contributed by atoms with Crippen LogP contribution in [0.1, 0.15) is 38.5 Å². The fourth-order valence-electron chi connectivity index (χ4n) is 3.57. The molecule has 18 heavy (non-hydrogen) atoms. The van der Waals surface area contributed by atoms with Crippen LogP contribution in [-0.2, 0) is 19.0 Å². The predicted octanol–water partition coefficient (Wildman–Crippen LogP) is 1.66. The first-order valence-electron chi connectivity index (χ1n) is 7.27. The third-order valence-electron chi connectivity index (χ3n) is 4.91. The summed E-state index contributed by atoms with van der Waals surface area (Å²) in [6.45, 7) is 0.594. The third-order valence-corrected chi connectivity index (χ3v) is 4.91. The van der Waals surface area contributed by atoms with Crippen LogP contribution in [0.3, 0.4) is 0 Å². The number of carbonyl (C=O) groups is 1. The van der Waals surface area contributed by atoms with Crippen molar-refractivity contribution >= 4 is 5.97 Å². The molecule has 0 spiro atoms. The molecular weight excluding hydrogens is 232 g/mol. The van der Waals surface area contributed by atoms with Crippen LogP contribution < -0.4 is 0 Å². The maximum atomic E-state index is 12.0. The summed E-state index contributed by atoms with van der Waals surface area (Å²) in [5.41, 5.74) is 0. The van der Waals surface area contributed by atoms with E-state index in [1.807, 2.05) is 0 Å². The highest BCUT2D eigenvalue weighted by Crippen LogP contribution is 2.41. The highest BCUT2D eigenvalue weighted by molar-refractivity contribution is 5.72. The second kappa shape index (κ2) is 4.20. The Morgan fingerprint density at radius 3 is 2.39 bits per heavy atom. The van der Waals surface area contributed by atoms with Crippen molar-refractivity contribution in [2.24, 2.45) is 11.8 Å². The Bertz CT molecular complexity index is 356. The summed E-state index contributed by atoms with van der Waals surface area (Å²) in [5.74, 6) is 0.608. The van der Waals surface area contributed by atoms with Gasteiger partial charge in [-0.05, 0) is 44.4 Å². The standard InChI is InChI=1S/C14H20O4/c15-14(9-2-4-11-13(6-9)18-11)16-7-8-1-3-10-12(5-8)17-10/h8-13H,1-7H2/t8-,9-,10-,11-,12-,13-/m1/s1. The minimum absolute atomic E-state index is 0.00258. The number of fused-ring (bicyclic) bond motifs is 2. The van der Waals surface area contributed by atoms with Crippen LogP contribution in [0.4, 0.5) is 0 Å². The maximum Gasteiger partial charge on any atom is 0.309 e. The fraction of sp³-hybridized carbons (Fsp3) is 0.929. The van der Waals surface area contributed by atoms with Gasteiger partial charge in [0.15, 0.2) is 0 Å². The molecule has 4 heteroatoms. The van der Waals surface area contributed by atoms with E-state index in [1.165, 1.54) is 0 Å². The second-order valence-corrected chi connectivity index (χ2v) is 6.25. The Labute approximate surface area is 107 Å². The number of ether oxygens (including phenoxy) is 3. The van der Waals surface area contributed by atoms with E-state index in [9.17, 15) is 4.79 Å². The van der Waals surface area contributed by atoms with Gasteiger partial charge in [0.05, 0.1) is 36.9 Å². The van der Waals surface area contributed by atoms with Gasteiger partial charge in [-0.2, -0.15) is 0 Å². The summed E-state index contributed by atoms with van der Waals surface area (Å²) < 4.78 is 16.4. The van der Waals surface area contributed by atoms with Gasteiger partial charge in [-0.1, -0.05) is 0 Å². The number of epoxide rings is 2. The van der Waals surface area contributed by atoms with Gasteiger partial charge in [0.25, 0.3) is 0 Å². The topological polar surface area (TPSA) is 51.4 Å². The van der Waals surface area contributed by atoms with Crippen LogP contribution in [0.25, 0.3) is 0 Å². The fourth-order valence-corrected chi connectivity index (χ4v) is 3.57. The molecule has 4 rings (SSSR count). The Kier molecular flexibility index (Phi) is 2.62. The zero-order valence-electron chi connectivity index (χ0n) is 10.5. The van der Waals surface area contributed by atoms with E-state index in [4.69, 9.17) is 14.2 Å². The van der Waals surface area contributed by atoms with E-state index in [0.717, 1.165) is 38.5 Å². The monoisotopic (exact) mass is 252 g/mol. The zero-order valence-corrected chi connectivity index (χ0v) is 10.5. The minimum Gasteiger partial charge on any atom is -0.465 e. The highest BCUT2D eigenvalue weighted by atomic mass is 16.6. The van der Waals surface area contributed by atoms with Crippen LogP contribution >= 0.6 is 0 Å². The largest absolute Gasteiger partial charge is 0.465 e. The van der Waals surface area contributed by atoms with Crippen LogP contribution in [0.15, 0.2) is 0 Å². The van der Waals surface area contributed by atoms with E-state index < -0.39 is 0 Å². The van der Waals surface area contributed by atoms with Crippen molar-refractivity contribution in [3.63, 3.8) is 0 Å². The molecule has 0 unspecified atom stereocenters. The SMILES string of the molecule is O=C(OC[C@@H]1CC[C@H]2O[C@@H]2C1)[C@@H]1CC[C@H]2O[C@@H]2C1. The lowest BCUT2D eigenvalue weighted by atomic mass is 9.89. The molecule has 6 atom stereocenters. The van der Waals surface area contributed by atoms with Crippen molar-refractivity contribution in [2.45, 2.75) is 62.9 Å². The molecule has 2 saturated heterocycles. The molecule has 0 N–H and O–H groups in total. The first-order valence-corrected chi connectivity index (χ1v) is 7.27. The Morgan fingerprint density at radius 1 is 0.944 bits per heavy atom. The van der Waals surface area contributed by atoms with Gasteiger partial charge in [-0.25, -0.2) is 0 Å². The molecule has 4 nitrogen and oxygen atoms in total. The molecule has 2 aliphatic carbocycles. The lowest BCUT2D eigenvalue weighted by Gasteiger charge is -2.21. The number of carbonyl (C=O) groups excluding carboxylic acids is 1. The Hall–Kier alpha value is -0.610. The van der Waals surface area contributed by atoms with E-state index >= 15 is 0 Å². The van der Waals surface area contributed by atoms with E-state index in [0.29, 0.717) is 36.9 Å². The molecule has 4 fully saturated rings. The second-order valence-electron chi connectivity index (χ2n) is 6.25. The summed E-state index contributed by atoms with van der Waals surface area (Å²) in [6, 6.07) is 0. The van der Waals surface area contributed by atoms with Gasteiger partial charge in [-0.3, -0.25) is 4.79 Å². The van der Waals surface area contributed by atoms with Gasteiger partial charge in [-0.15, -0.1) is 0 Å². The Morgan fingerprint density at radius 2 is 1.67 bits per heavy atom. The quantitative estimate of drug-likeness (QED) is 0.566. The van der Waals surface area contributed by atoms with Crippen LogP contribution in [-0.4, -0.2) is 37.0 Å². The van der Waals surface area contributed by atoms with E-state index in [-0.39, 0.29) is 11.9 Å². The maximum absolute atomic E-state index is 12.0.